The molecule has 0 fully saturated rings. The Labute approximate surface area is 454 Å². The SMILES string of the molecule is CCCCC/C=C\C/C=C\CCCCCCCCCCCC(=O)OC[C@H](COC(=O)CCCCCCCCC/C=C\CCCCCCCC)OC(=O)CCCCCCCCCCC/C=C\CCCCCCCC. The van der Waals surface area contributed by atoms with E-state index in [2.05, 4.69) is 69.4 Å². The van der Waals surface area contributed by atoms with Crippen LogP contribution in [0.5, 0.6) is 0 Å². The number of carbonyl (C=O) groups is 3. The van der Waals surface area contributed by atoms with Gasteiger partial charge >= 0.3 is 17.9 Å². The van der Waals surface area contributed by atoms with E-state index in [0.717, 1.165) is 64.2 Å². The zero-order chi connectivity index (χ0) is 52.9. The summed E-state index contributed by atoms with van der Waals surface area (Å²) >= 11 is 0. The molecule has 0 amide bonds. The van der Waals surface area contributed by atoms with Crippen LogP contribution in [0.1, 0.15) is 342 Å². The van der Waals surface area contributed by atoms with E-state index < -0.39 is 6.10 Å². The van der Waals surface area contributed by atoms with Crippen molar-refractivity contribution < 1.29 is 28.6 Å². The maximum absolute atomic E-state index is 12.9. The van der Waals surface area contributed by atoms with Crippen LogP contribution in [0, 0.1) is 0 Å². The van der Waals surface area contributed by atoms with Gasteiger partial charge in [-0.2, -0.15) is 0 Å². The molecule has 426 valence electrons. The molecule has 6 heteroatoms. The second kappa shape index (κ2) is 61.9. The van der Waals surface area contributed by atoms with Crippen LogP contribution in [0.3, 0.4) is 0 Å². The average molecular weight is 1020 g/mol. The first-order valence-electron chi connectivity index (χ1n) is 32.1. The monoisotopic (exact) mass is 1020 g/mol. The molecule has 0 aliphatic rings. The van der Waals surface area contributed by atoms with Crippen LogP contribution in [-0.2, 0) is 28.6 Å². The van der Waals surface area contributed by atoms with Gasteiger partial charge in [-0.3, -0.25) is 14.4 Å². The summed E-state index contributed by atoms with van der Waals surface area (Å²) < 4.78 is 16.9. The third-order valence-corrected chi connectivity index (χ3v) is 14.3. The molecule has 0 aromatic heterocycles. The molecule has 0 aliphatic carbocycles. The largest absolute Gasteiger partial charge is 0.462 e. The van der Waals surface area contributed by atoms with Gasteiger partial charge in [-0.25, -0.2) is 0 Å². The second-order valence-electron chi connectivity index (χ2n) is 21.7. The number of rotatable bonds is 59. The van der Waals surface area contributed by atoms with Crippen LogP contribution in [0.25, 0.3) is 0 Å². The van der Waals surface area contributed by atoms with Gasteiger partial charge in [0.15, 0.2) is 6.10 Å². The maximum atomic E-state index is 12.9. The summed E-state index contributed by atoms with van der Waals surface area (Å²) in [7, 11) is 0. The summed E-state index contributed by atoms with van der Waals surface area (Å²) in [5.41, 5.74) is 0. The number of carbonyl (C=O) groups excluding carboxylic acids is 3. The molecule has 0 spiro atoms. The predicted octanol–water partition coefficient (Wildman–Crippen LogP) is 21.8. The van der Waals surface area contributed by atoms with Gasteiger partial charge in [0.1, 0.15) is 13.2 Å². The zero-order valence-electron chi connectivity index (χ0n) is 48.9. The van der Waals surface area contributed by atoms with Crippen molar-refractivity contribution in [2.75, 3.05) is 13.2 Å². The molecule has 0 N–H and O–H groups in total. The minimum atomic E-state index is -0.778. The molecule has 0 rings (SSSR count). The van der Waals surface area contributed by atoms with Crippen molar-refractivity contribution >= 4 is 17.9 Å². The van der Waals surface area contributed by atoms with Gasteiger partial charge in [0, 0.05) is 19.3 Å². The Morgan fingerprint density at radius 1 is 0.274 bits per heavy atom. The van der Waals surface area contributed by atoms with Crippen molar-refractivity contribution in [3.8, 4) is 0 Å². The maximum Gasteiger partial charge on any atom is 0.306 e. The lowest BCUT2D eigenvalue weighted by molar-refractivity contribution is -0.167. The summed E-state index contributed by atoms with van der Waals surface area (Å²) in [5.74, 6) is -0.865. The summed E-state index contributed by atoms with van der Waals surface area (Å²) in [5, 5.41) is 0. The minimum absolute atomic E-state index is 0.0751. The van der Waals surface area contributed by atoms with Crippen LogP contribution >= 0.6 is 0 Å². The zero-order valence-corrected chi connectivity index (χ0v) is 48.9. The fourth-order valence-electron chi connectivity index (χ4n) is 9.41. The average Bonchev–Trinajstić information content (AvgIpc) is 3.39. The Balaban J connectivity index is 4.36. The van der Waals surface area contributed by atoms with Crippen LogP contribution < -0.4 is 0 Å². The number of hydrogen-bond acceptors (Lipinski definition) is 6. The van der Waals surface area contributed by atoms with E-state index in [9.17, 15) is 14.4 Å². The van der Waals surface area contributed by atoms with Crippen LogP contribution in [0.15, 0.2) is 48.6 Å². The molecule has 0 saturated heterocycles. The van der Waals surface area contributed by atoms with Crippen molar-refractivity contribution in [3.63, 3.8) is 0 Å². The van der Waals surface area contributed by atoms with Crippen LogP contribution in [-0.4, -0.2) is 37.2 Å². The fourth-order valence-corrected chi connectivity index (χ4v) is 9.41. The molecular weight excluding hydrogens is 901 g/mol. The third kappa shape index (κ3) is 60.1. The highest BCUT2D eigenvalue weighted by Crippen LogP contribution is 2.17. The Hall–Kier alpha value is -2.63. The molecule has 0 heterocycles. The third-order valence-electron chi connectivity index (χ3n) is 14.3. The Bertz CT molecular complexity index is 1270. The van der Waals surface area contributed by atoms with Crippen molar-refractivity contribution in [1.29, 1.82) is 0 Å². The Morgan fingerprint density at radius 3 is 0.795 bits per heavy atom. The van der Waals surface area contributed by atoms with Gasteiger partial charge in [-0.05, 0) is 103 Å². The lowest BCUT2D eigenvalue weighted by Gasteiger charge is -2.18. The molecule has 0 aliphatic heterocycles. The van der Waals surface area contributed by atoms with E-state index in [-0.39, 0.29) is 31.1 Å². The highest BCUT2D eigenvalue weighted by Gasteiger charge is 2.19. The first-order chi connectivity index (χ1) is 36.0. The number of unbranched alkanes of at least 4 members (excludes halogenated alkanes) is 40. The van der Waals surface area contributed by atoms with Crippen molar-refractivity contribution in [1.82, 2.24) is 0 Å². The highest BCUT2D eigenvalue weighted by molar-refractivity contribution is 5.71. The second-order valence-corrected chi connectivity index (χ2v) is 21.7. The molecule has 0 radical (unpaired) electrons. The summed E-state index contributed by atoms with van der Waals surface area (Å²) in [6.07, 6.45) is 76.8. The number of ether oxygens (including phenoxy) is 3. The van der Waals surface area contributed by atoms with Gasteiger partial charge < -0.3 is 14.2 Å². The number of allylic oxidation sites excluding steroid dienone is 8. The summed E-state index contributed by atoms with van der Waals surface area (Å²) in [4.78, 5) is 38.3. The predicted molar refractivity (Wildman–Crippen MR) is 316 cm³/mol. The Morgan fingerprint density at radius 2 is 0.493 bits per heavy atom. The van der Waals surface area contributed by atoms with Gasteiger partial charge in [-0.15, -0.1) is 0 Å². The van der Waals surface area contributed by atoms with Gasteiger partial charge in [0.25, 0.3) is 0 Å². The Kier molecular flexibility index (Phi) is 59.7. The number of hydrogen-bond donors (Lipinski definition) is 0. The molecule has 0 saturated carbocycles. The standard InChI is InChI=1S/C67H122O6/c1-4-7-10-13-16-19-22-25-28-31-33-36-39-42-45-48-51-54-57-60-66(69)72-63-64(62-71-65(68)59-56-53-50-47-44-41-38-35-30-27-24-21-18-15-12-9-6-3)73-67(70)61-58-55-52-49-46-43-40-37-34-32-29-26-23-20-17-14-11-8-5-2/h16,19,25-30,64H,4-15,17-18,20-24,31-63H2,1-3H3/b19-16-,28-25-,29-26-,30-27-/t64-/m0/s1. The summed E-state index contributed by atoms with van der Waals surface area (Å²) in [6.45, 7) is 6.65. The van der Waals surface area contributed by atoms with E-state index in [0.29, 0.717) is 19.3 Å². The minimum Gasteiger partial charge on any atom is -0.462 e. The molecule has 1 atom stereocenters. The van der Waals surface area contributed by atoms with E-state index in [1.54, 1.807) is 0 Å². The summed E-state index contributed by atoms with van der Waals surface area (Å²) in [6, 6.07) is 0. The fraction of sp³-hybridized carbons (Fsp3) is 0.836. The quantitative estimate of drug-likeness (QED) is 0.0261. The van der Waals surface area contributed by atoms with E-state index >= 15 is 0 Å². The molecule has 0 bridgehead atoms. The first kappa shape index (κ1) is 70.4. The van der Waals surface area contributed by atoms with E-state index in [1.807, 2.05) is 0 Å². The molecule has 0 unspecified atom stereocenters. The normalized spacial score (nSPS) is 12.3. The first-order valence-corrected chi connectivity index (χ1v) is 32.1. The van der Waals surface area contributed by atoms with E-state index in [4.69, 9.17) is 14.2 Å². The smallest absolute Gasteiger partial charge is 0.306 e. The number of esters is 3. The van der Waals surface area contributed by atoms with Crippen molar-refractivity contribution in [2.45, 2.75) is 348 Å². The van der Waals surface area contributed by atoms with Gasteiger partial charge in [0.05, 0.1) is 0 Å². The molecule has 0 aromatic rings. The van der Waals surface area contributed by atoms with Crippen LogP contribution in [0.2, 0.25) is 0 Å². The van der Waals surface area contributed by atoms with E-state index in [1.165, 1.54) is 238 Å². The van der Waals surface area contributed by atoms with Crippen LogP contribution in [0.4, 0.5) is 0 Å². The van der Waals surface area contributed by atoms with Gasteiger partial charge in [0.2, 0.25) is 0 Å². The van der Waals surface area contributed by atoms with Gasteiger partial charge in [-0.1, -0.05) is 268 Å². The van der Waals surface area contributed by atoms with Crippen molar-refractivity contribution in [3.05, 3.63) is 48.6 Å². The lowest BCUT2D eigenvalue weighted by atomic mass is 10.1. The molecule has 6 nitrogen and oxygen atoms in total. The lowest BCUT2D eigenvalue weighted by Crippen LogP contribution is -2.30. The highest BCUT2D eigenvalue weighted by atomic mass is 16.6. The topological polar surface area (TPSA) is 78.9 Å². The molecular formula is C67H122O6. The molecule has 0 aromatic carbocycles. The van der Waals surface area contributed by atoms with Crippen molar-refractivity contribution in [2.24, 2.45) is 0 Å². The molecule has 73 heavy (non-hydrogen) atoms.